The molecule has 100 valence electrons. The Labute approximate surface area is 116 Å². The minimum atomic E-state index is -0.283. The number of hydrogen-bond acceptors (Lipinski definition) is 3. The maximum Gasteiger partial charge on any atom is 0.266 e. The van der Waals surface area contributed by atoms with Gasteiger partial charge in [-0.05, 0) is 18.2 Å². The van der Waals surface area contributed by atoms with Crippen LogP contribution in [0.1, 0.15) is 26.3 Å². The Kier molecular flexibility index (Phi) is 3.08. The Bertz CT molecular complexity index is 659. The van der Waals surface area contributed by atoms with Crippen LogP contribution in [0.4, 0.5) is 5.69 Å². The fraction of sp³-hybridized carbons (Fsp3) is 0.125. The van der Waals surface area contributed by atoms with E-state index in [1.165, 1.54) is 4.90 Å². The average Bonchev–Trinajstić information content (AvgIpc) is 2.73. The number of methoxy groups -OCH3 is 1. The molecular weight excluding hydrogens is 254 g/mol. The third-order valence-corrected chi connectivity index (χ3v) is 3.33. The van der Waals surface area contributed by atoms with E-state index in [1.54, 1.807) is 43.5 Å². The molecule has 4 nitrogen and oxygen atoms in total. The fourth-order valence-electron chi connectivity index (χ4n) is 2.41. The molecule has 1 aliphatic rings. The third kappa shape index (κ3) is 1.82. The van der Waals surface area contributed by atoms with Gasteiger partial charge in [-0.25, -0.2) is 4.90 Å². The van der Waals surface area contributed by atoms with Gasteiger partial charge in [0.25, 0.3) is 11.8 Å². The molecule has 0 aromatic heterocycles. The van der Waals surface area contributed by atoms with Crippen molar-refractivity contribution in [3.63, 3.8) is 0 Å². The first kappa shape index (κ1) is 12.6. The largest absolute Gasteiger partial charge is 0.380 e. The molecule has 0 aliphatic carbocycles. The fourth-order valence-corrected chi connectivity index (χ4v) is 2.41. The first-order valence-corrected chi connectivity index (χ1v) is 6.28. The summed E-state index contributed by atoms with van der Waals surface area (Å²) in [5.41, 5.74) is 2.29. The Morgan fingerprint density at radius 2 is 1.45 bits per heavy atom. The van der Waals surface area contributed by atoms with Crippen molar-refractivity contribution in [1.29, 1.82) is 0 Å². The van der Waals surface area contributed by atoms with Crippen LogP contribution in [0.2, 0.25) is 0 Å². The topological polar surface area (TPSA) is 46.6 Å². The van der Waals surface area contributed by atoms with Crippen LogP contribution in [-0.4, -0.2) is 18.9 Å². The Balaban J connectivity index is 2.10. The van der Waals surface area contributed by atoms with Crippen LogP contribution >= 0.6 is 0 Å². The number of fused-ring (bicyclic) bond motifs is 1. The number of amides is 2. The maximum atomic E-state index is 12.4. The number of anilines is 1. The number of nitrogens with zero attached hydrogens (tertiary/aromatic N) is 1. The second kappa shape index (κ2) is 4.90. The molecule has 0 unspecified atom stereocenters. The molecule has 0 fully saturated rings. The Morgan fingerprint density at radius 1 is 0.900 bits per heavy atom. The average molecular weight is 267 g/mol. The van der Waals surface area contributed by atoms with Crippen molar-refractivity contribution < 1.29 is 14.3 Å². The minimum Gasteiger partial charge on any atom is -0.380 e. The molecular formula is C16H13NO3. The number of rotatable bonds is 3. The predicted octanol–water partition coefficient (Wildman–Crippen LogP) is 2.63. The second-order valence-electron chi connectivity index (χ2n) is 4.55. The molecule has 0 radical (unpaired) electrons. The van der Waals surface area contributed by atoms with Crippen molar-refractivity contribution in [2.24, 2.45) is 0 Å². The van der Waals surface area contributed by atoms with Gasteiger partial charge in [-0.2, -0.15) is 0 Å². The van der Waals surface area contributed by atoms with E-state index in [-0.39, 0.29) is 11.8 Å². The van der Waals surface area contributed by atoms with Crippen LogP contribution in [0.5, 0.6) is 0 Å². The number of ether oxygens (including phenoxy) is 1. The smallest absolute Gasteiger partial charge is 0.266 e. The molecule has 3 rings (SSSR count). The molecule has 0 N–H and O–H groups in total. The van der Waals surface area contributed by atoms with Crippen LogP contribution < -0.4 is 4.90 Å². The van der Waals surface area contributed by atoms with Gasteiger partial charge >= 0.3 is 0 Å². The summed E-state index contributed by atoms with van der Waals surface area (Å²) in [6, 6.07) is 14.1. The molecule has 2 aromatic carbocycles. The number of benzene rings is 2. The second-order valence-corrected chi connectivity index (χ2v) is 4.55. The molecule has 4 heteroatoms. The van der Waals surface area contributed by atoms with Crippen molar-refractivity contribution in [3.05, 3.63) is 65.2 Å². The minimum absolute atomic E-state index is 0.283. The van der Waals surface area contributed by atoms with E-state index < -0.39 is 0 Å². The summed E-state index contributed by atoms with van der Waals surface area (Å²) in [4.78, 5) is 26.1. The Hall–Kier alpha value is -2.46. The van der Waals surface area contributed by atoms with Gasteiger partial charge in [0.05, 0.1) is 23.4 Å². The van der Waals surface area contributed by atoms with E-state index in [4.69, 9.17) is 4.74 Å². The summed E-state index contributed by atoms with van der Waals surface area (Å²) < 4.78 is 5.13. The lowest BCUT2D eigenvalue weighted by atomic mass is 10.1. The van der Waals surface area contributed by atoms with Crippen molar-refractivity contribution in [3.8, 4) is 0 Å². The first-order valence-electron chi connectivity index (χ1n) is 6.28. The van der Waals surface area contributed by atoms with Crippen molar-refractivity contribution in [2.45, 2.75) is 6.61 Å². The van der Waals surface area contributed by atoms with Crippen LogP contribution in [0.15, 0.2) is 48.5 Å². The van der Waals surface area contributed by atoms with Gasteiger partial charge in [0.1, 0.15) is 0 Å². The van der Waals surface area contributed by atoms with Gasteiger partial charge in [0, 0.05) is 12.7 Å². The van der Waals surface area contributed by atoms with E-state index in [2.05, 4.69) is 0 Å². The van der Waals surface area contributed by atoms with Gasteiger partial charge < -0.3 is 4.74 Å². The van der Waals surface area contributed by atoms with Crippen molar-refractivity contribution in [2.75, 3.05) is 12.0 Å². The molecule has 2 aromatic rings. The monoisotopic (exact) mass is 267 g/mol. The lowest BCUT2D eigenvalue weighted by Crippen LogP contribution is -2.30. The lowest BCUT2D eigenvalue weighted by Gasteiger charge is -2.17. The highest BCUT2D eigenvalue weighted by Gasteiger charge is 2.37. The number of imide groups is 1. The van der Waals surface area contributed by atoms with E-state index >= 15 is 0 Å². The number of carbonyl (C=O) groups is 2. The lowest BCUT2D eigenvalue weighted by molar-refractivity contribution is 0.0925. The third-order valence-electron chi connectivity index (χ3n) is 3.33. The summed E-state index contributed by atoms with van der Waals surface area (Å²) in [6.45, 7) is 0.351. The van der Waals surface area contributed by atoms with Crippen molar-refractivity contribution >= 4 is 17.5 Å². The molecule has 1 aliphatic heterocycles. The SMILES string of the molecule is COCc1ccccc1N1C(=O)c2ccccc2C1=O. The first-order chi connectivity index (χ1) is 9.74. The summed E-state index contributed by atoms with van der Waals surface area (Å²) in [6.07, 6.45) is 0. The number of carbonyl (C=O) groups excluding carboxylic acids is 2. The van der Waals surface area contributed by atoms with Crippen LogP contribution in [0.3, 0.4) is 0 Å². The van der Waals surface area contributed by atoms with Gasteiger partial charge in [0.2, 0.25) is 0 Å². The zero-order valence-corrected chi connectivity index (χ0v) is 11.0. The Morgan fingerprint density at radius 3 is 2.05 bits per heavy atom. The van der Waals surface area contributed by atoms with E-state index in [9.17, 15) is 9.59 Å². The predicted molar refractivity (Wildman–Crippen MR) is 74.7 cm³/mol. The van der Waals surface area contributed by atoms with Crippen LogP contribution in [-0.2, 0) is 11.3 Å². The molecule has 0 spiro atoms. The molecule has 0 saturated heterocycles. The molecule has 0 atom stereocenters. The van der Waals surface area contributed by atoms with Crippen LogP contribution in [0.25, 0.3) is 0 Å². The van der Waals surface area contributed by atoms with E-state index in [1.807, 2.05) is 12.1 Å². The quantitative estimate of drug-likeness (QED) is 0.803. The number of para-hydroxylation sites is 1. The number of hydrogen-bond donors (Lipinski definition) is 0. The normalized spacial score (nSPS) is 13.8. The highest BCUT2D eigenvalue weighted by molar-refractivity contribution is 6.34. The van der Waals surface area contributed by atoms with Gasteiger partial charge in [-0.15, -0.1) is 0 Å². The van der Waals surface area contributed by atoms with Crippen LogP contribution in [0, 0.1) is 0 Å². The van der Waals surface area contributed by atoms with Crippen molar-refractivity contribution in [1.82, 2.24) is 0 Å². The van der Waals surface area contributed by atoms with E-state index in [0.29, 0.717) is 23.4 Å². The summed E-state index contributed by atoms with van der Waals surface area (Å²) in [5.74, 6) is -0.566. The summed E-state index contributed by atoms with van der Waals surface area (Å²) in [7, 11) is 1.58. The highest BCUT2D eigenvalue weighted by atomic mass is 16.5. The molecule has 20 heavy (non-hydrogen) atoms. The summed E-state index contributed by atoms with van der Waals surface area (Å²) >= 11 is 0. The van der Waals surface area contributed by atoms with E-state index in [0.717, 1.165) is 5.56 Å². The molecule has 2 amide bonds. The zero-order valence-electron chi connectivity index (χ0n) is 11.0. The van der Waals surface area contributed by atoms with Gasteiger partial charge in [-0.3, -0.25) is 9.59 Å². The molecule has 0 saturated carbocycles. The zero-order chi connectivity index (χ0) is 14.1. The van der Waals surface area contributed by atoms with Gasteiger partial charge in [0.15, 0.2) is 0 Å². The molecule has 1 heterocycles. The standard InChI is InChI=1S/C16H13NO3/c1-20-10-11-6-2-5-9-14(11)17-15(18)12-7-3-4-8-13(12)16(17)19/h2-9H,10H2,1H3. The van der Waals surface area contributed by atoms with Gasteiger partial charge in [-0.1, -0.05) is 30.3 Å². The maximum absolute atomic E-state index is 12.4. The summed E-state index contributed by atoms with van der Waals surface area (Å²) in [5, 5.41) is 0. The highest BCUT2D eigenvalue weighted by Crippen LogP contribution is 2.30. The molecule has 0 bridgehead atoms.